The number of piperidine rings is 1. The third kappa shape index (κ3) is 4.93. The molecule has 2 atom stereocenters. The Balaban J connectivity index is 1.41. The summed E-state index contributed by atoms with van der Waals surface area (Å²) in [5.41, 5.74) is 4.90. The fourth-order valence-corrected chi connectivity index (χ4v) is 6.36. The zero-order chi connectivity index (χ0) is 27.8. The van der Waals surface area contributed by atoms with E-state index in [9.17, 15) is 9.90 Å². The molecule has 2 aliphatic heterocycles. The predicted molar refractivity (Wildman–Crippen MR) is 163 cm³/mol. The smallest absolute Gasteiger partial charge is 0.335 e. The first-order valence-corrected chi connectivity index (χ1v) is 14.3. The molecule has 40 heavy (non-hydrogen) atoms. The molecule has 0 aliphatic carbocycles. The van der Waals surface area contributed by atoms with Crippen molar-refractivity contribution in [2.45, 2.75) is 31.8 Å². The van der Waals surface area contributed by atoms with Gasteiger partial charge in [0.1, 0.15) is 6.04 Å². The molecule has 0 amide bonds. The van der Waals surface area contributed by atoms with E-state index in [0.717, 1.165) is 60.3 Å². The minimum atomic E-state index is -0.953. The van der Waals surface area contributed by atoms with Crippen LogP contribution >= 0.6 is 23.8 Å². The normalized spacial score (nSPS) is 19.6. The molecule has 9 heteroatoms. The summed E-state index contributed by atoms with van der Waals surface area (Å²) < 4.78 is 2.07. The van der Waals surface area contributed by atoms with Crippen LogP contribution in [0.3, 0.4) is 0 Å². The van der Waals surface area contributed by atoms with Gasteiger partial charge < -0.3 is 24.8 Å². The number of aromatic carboxylic acids is 1. The largest absolute Gasteiger partial charge is 0.478 e. The van der Waals surface area contributed by atoms with Crippen molar-refractivity contribution in [3.63, 3.8) is 0 Å². The van der Waals surface area contributed by atoms with Gasteiger partial charge in [-0.15, -0.1) is 0 Å². The Hall–Kier alpha value is -3.88. The van der Waals surface area contributed by atoms with E-state index < -0.39 is 5.97 Å². The van der Waals surface area contributed by atoms with Crippen LogP contribution in [0.25, 0.3) is 5.69 Å². The van der Waals surface area contributed by atoms with E-state index in [4.69, 9.17) is 23.8 Å². The van der Waals surface area contributed by atoms with Gasteiger partial charge in [0.05, 0.1) is 28.0 Å². The number of benzene rings is 2. The number of hydrogen-bond donors (Lipinski definition) is 2. The second kappa shape index (κ2) is 10.9. The lowest BCUT2D eigenvalue weighted by atomic mass is 9.98. The molecule has 2 aromatic heterocycles. The van der Waals surface area contributed by atoms with Gasteiger partial charge in [0, 0.05) is 42.6 Å². The van der Waals surface area contributed by atoms with Crippen molar-refractivity contribution < 1.29 is 9.90 Å². The fourth-order valence-electron chi connectivity index (χ4n) is 5.72. The highest BCUT2D eigenvalue weighted by Crippen LogP contribution is 2.44. The molecular weight excluding hydrogens is 542 g/mol. The summed E-state index contributed by atoms with van der Waals surface area (Å²) in [6.45, 7) is 4.31. The molecule has 2 saturated heterocycles. The van der Waals surface area contributed by atoms with Gasteiger partial charge in [-0.2, -0.15) is 0 Å². The number of anilines is 2. The first kappa shape index (κ1) is 26.3. The molecule has 6 rings (SSSR count). The van der Waals surface area contributed by atoms with Crippen molar-refractivity contribution >= 4 is 46.3 Å². The van der Waals surface area contributed by atoms with Crippen LogP contribution in [0.15, 0.2) is 85.2 Å². The molecule has 4 heterocycles. The van der Waals surface area contributed by atoms with Crippen LogP contribution in [0.4, 0.5) is 11.4 Å². The number of carbonyl (C=O) groups is 1. The molecule has 204 valence electrons. The van der Waals surface area contributed by atoms with E-state index in [1.54, 1.807) is 18.3 Å². The first-order valence-electron chi connectivity index (χ1n) is 13.5. The minimum Gasteiger partial charge on any atom is -0.478 e. The Kier molecular flexibility index (Phi) is 7.21. The number of carboxylic acids is 1. The summed E-state index contributed by atoms with van der Waals surface area (Å²) >= 11 is 12.9. The van der Waals surface area contributed by atoms with Gasteiger partial charge in [-0.3, -0.25) is 4.98 Å². The van der Waals surface area contributed by atoms with E-state index >= 15 is 0 Å². The SMILES string of the molecule is CC1CCN(c2ccc(N3C(=S)N[C@@H](c4ccccn4)[C@H]3c3cccn3-c3ccc(C(=O)O)cc3)cc2Cl)CC1. The zero-order valence-corrected chi connectivity index (χ0v) is 23.6. The molecular formula is C31H30ClN5O2S. The maximum Gasteiger partial charge on any atom is 0.335 e. The Bertz CT molecular complexity index is 1530. The van der Waals surface area contributed by atoms with Gasteiger partial charge in [0.25, 0.3) is 0 Å². The van der Waals surface area contributed by atoms with Crippen LogP contribution in [0.5, 0.6) is 0 Å². The molecule has 0 saturated carbocycles. The summed E-state index contributed by atoms with van der Waals surface area (Å²) in [4.78, 5) is 20.6. The molecule has 0 spiro atoms. The second-order valence-electron chi connectivity index (χ2n) is 10.5. The average Bonchev–Trinajstić information content (AvgIpc) is 3.58. The highest BCUT2D eigenvalue weighted by atomic mass is 35.5. The molecule has 4 aromatic rings. The summed E-state index contributed by atoms with van der Waals surface area (Å²) in [5, 5.41) is 14.2. The van der Waals surface area contributed by atoms with E-state index in [1.165, 1.54) is 0 Å². The average molecular weight is 572 g/mol. The summed E-state index contributed by atoms with van der Waals surface area (Å²) in [5.74, 6) is -0.214. The first-order chi connectivity index (χ1) is 19.4. The number of pyridine rings is 1. The Morgan fingerprint density at radius 3 is 2.45 bits per heavy atom. The monoisotopic (exact) mass is 571 g/mol. The number of nitrogens with one attached hydrogen (secondary N) is 1. The standard InChI is InChI=1S/C31H30ClN5O2S/c1-20-13-17-35(18-14-20)26-12-11-23(19-24(26)32)37-29(28(34-31(37)40)25-5-2-3-15-33-25)27-6-4-16-36(27)22-9-7-21(8-10-22)30(38)39/h2-12,15-16,19-20,28-29H,13-14,17-18H2,1H3,(H,34,40)(H,38,39)/t28-,29+/m0/s1. The third-order valence-corrected chi connectivity index (χ3v) is 8.52. The zero-order valence-electron chi connectivity index (χ0n) is 22.1. The van der Waals surface area contributed by atoms with Crippen LogP contribution in [-0.4, -0.2) is 38.8 Å². The third-order valence-electron chi connectivity index (χ3n) is 7.91. The van der Waals surface area contributed by atoms with Gasteiger partial charge in [-0.1, -0.05) is 24.6 Å². The molecule has 7 nitrogen and oxygen atoms in total. The van der Waals surface area contributed by atoms with E-state index in [-0.39, 0.29) is 17.6 Å². The Morgan fingerprint density at radius 2 is 1.77 bits per heavy atom. The van der Waals surface area contributed by atoms with Crippen molar-refractivity contribution in [3.05, 3.63) is 107 Å². The lowest BCUT2D eigenvalue weighted by Gasteiger charge is -2.33. The van der Waals surface area contributed by atoms with Gasteiger partial charge in [0.15, 0.2) is 5.11 Å². The number of thiocarbonyl (C=S) groups is 1. The van der Waals surface area contributed by atoms with Crippen LogP contribution in [0.1, 0.15) is 53.6 Å². The maximum atomic E-state index is 11.4. The van der Waals surface area contributed by atoms with E-state index in [0.29, 0.717) is 10.1 Å². The van der Waals surface area contributed by atoms with Crippen LogP contribution in [0, 0.1) is 5.92 Å². The van der Waals surface area contributed by atoms with Crippen molar-refractivity contribution in [3.8, 4) is 5.69 Å². The van der Waals surface area contributed by atoms with Crippen LogP contribution in [-0.2, 0) is 0 Å². The number of nitrogens with zero attached hydrogens (tertiary/aromatic N) is 4. The van der Waals surface area contributed by atoms with Gasteiger partial charge in [0.2, 0.25) is 0 Å². The number of rotatable bonds is 6. The fraction of sp³-hybridized carbons (Fsp3) is 0.258. The lowest BCUT2D eigenvalue weighted by molar-refractivity contribution is 0.0697. The van der Waals surface area contributed by atoms with Crippen molar-refractivity contribution in [1.82, 2.24) is 14.9 Å². The second-order valence-corrected chi connectivity index (χ2v) is 11.3. The van der Waals surface area contributed by atoms with Crippen molar-refractivity contribution in [1.29, 1.82) is 0 Å². The molecule has 0 bridgehead atoms. The minimum absolute atomic E-state index is 0.220. The maximum absolute atomic E-state index is 11.4. The number of hydrogen-bond acceptors (Lipinski definition) is 4. The number of aromatic nitrogens is 2. The van der Waals surface area contributed by atoms with Gasteiger partial charge >= 0.3 is 5.97 Å². The van der Waals surface area contributed by atoms with E-state index in [2.05, 4.69) is 49.8 Å². The molecule has 2 N–H and O–H groups in total. The molecule has 0 unspecified atom stereocenters. The van der Waals surface area contributed by atoms with Crippen molar-refractivity contribution in [2.75, 3.05) is 22.9 Å². The predicted octanol–water partition coefficient (Wildman–Crippen LogP) is 6.64. The topological polar surface area (TPSA) is 73.6 Å². The van der Waals surface area contributed by atoms with Crippen molar-refractivity contribution in [2.24, 2.45) is 5.92 Å². The van der Waals surface area contributed by atoms with Crippen LogP contribution in [0.2, 0.25) is 5.02 Å². The Morgan fingerprint density at radius 1 is 1.02 bits per heavy atom. The molecule has 2 aromatic carbocycles. The highest BCUT2D eigenvalue weighted by molar-refractivity contribution is 7.80. The van der Waals surface area contributed by atoms with E-state index in [1.807, 2.05) is 48.7 Å². The summed E-state index contributed by atoms with van der Waals surface area (Å²) in [6, 6.07) is 22.5. The molecule has 2 aliphatic rings. The summed E-state index contributed by atoms with van der Waals surface area (Å²) in [6.07, 6.45) is 6.09. The van der Waals surface area contributed by atoms with Gasteiger partial charge in [-0.25, -0.2) is 4.79 Å². The number of carboxylic acid groups (broad SMARTS) is 1. The van der Waals surface area contributed by atoms with Crippen LogP contribution < -0.4 is 15.1 Å². The molecule has 0 radical (unpaired) electrons. The highest BCUT2D eigenvalue weighted by Gasteiger charge is 2.42. The molecule has 2 fully saturated rings. The van der Waals surface area contributed by atoms with Gasteiger partial charge in [-0.05, 0) is 97.7 Å². The lowest BCUT2D eigenvalue weighted by Crippen LogP contribution is -2.33. The quantitative estimate of drug-likeness (QED) is 0.251. The number of halogens is 1. The Labute approximate surface area is 244 Å². The summed E-state index contributed by atoms with van der Waals surface area (Å²) in [7, 11) is 0.